The quantitative estimate of drug-likeness (QED) is 0.554. The van der Waals surface area contributed by atoms with Crippen molar-refractivity contribution < 1.29 is 0 Å². The van der Waals surface area contributed by atoms with Crippen LogP contribution in [0.4, 0.5) is 0 Å². The Hall–Kier alpha value is -0.0400. The van der Waals surface area contributed by atoms with Crippen LogP contribution in [0.25, 0.3) is 0 Å². The molecule has 1 rings (SSSR count). The number of rotatable bonds is 3. The van der Waals surface area contributed by atoms with Gasteiger partial charge in [-0.05, 0) is 25.8 Å². The lowest BCUT2D eigenvalue weighted by atomic mass is 10.5. The molecule has 0 spiro atoms. The standard InChI is InChI=1S/C6H12N/c1-2-5-7-6-3-4-6/h6-7H,1-5H2. The highest BCUT2D eigenvalue weighted by Crippen LogP contribution is 2.17. The second kappa shape index (κ2) is 2.31. The largest absolute Gasteiger partial charge is 0.314 e. The molecule has 0 heterocycles. The molecule has 7 heavy (non-hydrogen) atoms. The van der Waals surface area contributed by atoms with Crippen molar-refractivity contribution in [2.24, 2.45) is 0 Å². The summed E-state index contributed by atoms with van der Waals surface area (Å²) in [6.45, 7) is 4.82. The van der Waals surface area contributed by atoms with E-state index in [-0.39, 0.29) is 0 Å². The maximum Gasteiger partial charge on any atom is 0.00682 e. The second-order valence-electron chi connectivity index (χ2n) is 2.08. The van der Waals surface area contributed by atoms with E-state index in [0.717, 1.165) is 19.0 Å². The summed E-state index contributed by atoms with van der Waals surface area (Å²) in [5.74, 6) is 0. The molecule has 0 aliphatic heterocycles. The van der Waals surface area contributed by atoms with Crippen molar-refractivity contribution in [2.75, 3.05) is 6.54 Å². The van der Waals surface area contributed by atoms with Crippen molar-refractivity contribution >= 4 is 0 Å². The average Bonchev–Trinajstić information content (AvgIpc) is 2.42. The van der Waals surface area contributed by atoms with E-state index in [0.29, 0.717) is 0 Å². The van der Waals surface area contributed by atoms with Crippen molar-refractivity contribution in [2.45, 2.75) is 25.3 Å². The molecule has 0 saturated heterocycles. The molecule has 1 heteroatoms. The molecule has 1 radical (unpaired) electrons. The van der Waals surface area contributed by atoms with Crippen molar-refractivity contribution in [3.05, 3.63) is 6.92 Å². The average molecular weight is 98.2 g/mol. The van der Waals surface area contributed by atoms with Crippen molar-refractivity contribution in [1.82, 2.24) is 5.32 Å². The molecule has 0 aromatic carbocycles. The third-order valence-corrected chi connectivity index (χ3v) is 1.19. The van der Waals surface area contributed by atoms with Gasteiger partial charge >= 0.3 is 0 Å². The van der Waals surface area contributed by atoms with Crippen LogP contribution in [0, 0.1) is 6.92 Å². The monoisotopic (exact) mass is 98.1 g/mol. The predicted octanol–water partition coefficient (Wildman–Crippen LogP) is 0.963. The third-order valence-electron chi connectivity index (χ3n) is 1.19. The minimum Gasteiger partial charge on any atom is -0.314 e. The fourth-order valence-corrected chi connectivity index (χ4v) is 0.594. The molecular formula is C6H12N. The highest BCUT2D eigenvalue weighted by molar-refractivity contribution is 4.80. The summed E-state index contributed by atoms with van der Waals surface area (Å²) in [5, 5.41) is 3.34. The molecule has 0 bridgehead atoms. The van der Waals surface area contributed by atoms with Gasteiger partial charge in [-0.1, -0.05) is 6.92 Å². The molecule has 1 aliphatic carbocycles. The van der Waals surface area contributed by atoms with E-state index in [1.165, 1.54) is 12.8 Å². The summed E-state index contributed by atoms with van der Waals surface area (Å²) < 4.78 is 0. The molecule has 0 amide bonds. The summed E-state index contributed by atoms with van der Waals surface area (Å²) in [6.07, 6.45) is 3.80. The molecule has 0 aromatic rings. The summed E-state index contributed by atoms with van der Waals surface area (Å²) >= 11 is 0. The molecular weight excluding hydrogens is 86.1 g/mol. The molecule has 0 atom stereocenters. The summed E-state index contributed by atoms with van der Waals surface area (Å²) in [4.78, 5) is 0. The van der Waals surface area contributed by atoms with Gasteiger partial charge in [0, 0.05) is 6.04 Å². The lowest BCUT2D eigenvalue weighted by Crippen LogP contribution is -2.16. The Kier molecular flexibility index (Phi) is 1.69. The van der Waals surface area contributed by atoms with E-state index in [2.05, 4.69) is 12.2 Å². The van der Waals surface area contributed by atoms with Gasteiger partial charge in [0.1, 0.15) is 0 Å². The van der Waals surface area contributed by atoms with E-state index >= 15 is 0 Å². The zero-order chi connectivity index (χ0) is 5.11. The minimum atomic E-state index is 0.863. The molecule has 1 fully saturated rings. The summed E-state index contributed by atoms with van der Waals surface area (Å²) in [7, 11) is 0. The fraction of sp³-hybridized carbons (Fsp3) is 0.833. The number of nitrogens with one attached hydrogen (secondary N) is 1. The van der Waals surface area contributed by atoms with Gasteiger partial charge in [-0.3, -0.25) is 0 Å². The lowest BCUT2D eigenvalue weighted by molar-refractivity contribution is 0.689. The van der Waals surface area contributed by atoms with Crippen LogP contribution < -0.4 is 5.32 Å². The Labute approximate surface area is 45.1 Å². The highest BCUT2D eigenvalue weighted by atomic mass is 14.9. The maximum atomic E-state index is 3.72. The molecule has 1 aliphatic rings. The Bertz CT molecular complexity index is 48.1. The zero-order valence-corrected chi connectivity index (χ0v) is 4.61. The van der Waals surface area contributed by atoms with Crippen LogP contribution in [0.5, 0.6) is 0 Å². The zero-order valence-electron chi connectivity index (χ0n) is 4.61. The van der Waals surface area contributed by atoms with Gasteiger partial charge in [-0.15, -0.1) is 0 Å². The van der Waals surface area contributed by atoms with Gasteiger partial charge in [-0.25, -0.2) is 0 Å². The van der Waals surface area contributed by atoms with Gasteiger partial charge in [0.05, 0.1) is 0 Å². The first-order valence-corrected chi connectivity index (χ1v) is 2.96. The molecule has 0 aromatic heterocycles. The van der Waals surface area contributed by atoms with Crippen molar-refractivity contribution in [3.63, 3.8) is 0 Å². The number of hydrogen-bond acceptors (Lipinski definition) is 1. The summed E-state index contributed by atoms with van der Waals surface area (Å²) in [6, 6.07) is 0.863. The van der Waals surface area contributed by atoms with E-state index in [1.807, 2.05) is 0 Å². The van der Waals surface area contributed by atoms with E-state index in [9.17, 15) is 0 Å². The van der Waals surface area contributed by atoms with Gasteiger partial charge in [-0.2, -0.15) is 0 Å². The smallest absolute Gasteiger partial charge is 0.00682 e. The first kappa shape index (κ1) is 5.10. The molecule has 1 nitrogen and oxygen atoms in total. The minimum absolute atomic E-state index is 0.863. The van der Waals surface area contributed by atoms with E-state index in [4.69, 9.17) is 0 Å². The van der Waals surface area contributed by atoms with Gasteiger partial charge in [0.2, 0.25) is 0 Å². The third kappa shape index (κ3) is 1.93. The highest BCUT2D eigenvalue weighted by Gasteiger charge is 2.18. The van der Waals surface area contributed by atoms with Crippen molar-refractivity contribution in [1.29, 1.82) is 0 Å². The molecule has 0 unspecified atom stereocenters. The van der Waals surface area contributed by atoms with E-state index in [1.54, 1.807) is 0 Å². The molecule has 1 saturated carbocycles. The maximum absolute atomic E-state index is 3.72. The molecule has 1 N–H and O–H groups in total. The first-order chi connectivity index (χ1) is 3.43. The van der Waals surface area contributed by atoms with Crippen LogP contribution in [0.15, 0.2) is 0 Å². The van der Waals surface area contributed by atoms with Crippen LogP contribution in [0.2, 0.25) is 0 Å². The Morgan fingerprint density at radius 3 is 2.71 bits per heavy atom. The Morgan fingerprint density at radius 2 is 2.29 bits per heavy atom. The van der Waals surface area contributed by atoms with Gasteiger partial charge in [0.25, 0.3) is 0 Å². The van der Waals surface area contributed by atoms with Gasteiger partial charge in [0.15, 0.2) is 0 Å². The van der Waals surface area contributed by atoms with Gasteiger partial charge < -0.3 is 5.32 Å². The van der Waals surface area contributed by atoms with Crippen molar-refractivity contribution in [3.8, 4) is 0 Å². The Morgan fingerprint density at radius 1 is 1.57 bits per heavy atom. The van der Waals surface area contributed by atoms with Crippen LogP contribution in [-0.2, 0) is 0 Å². The van der Waals surface area contributed by atoms with E-state index < -0.39 is 0 Å². The van der Waals surface area contributed by atoms with Crippen LogP contribution in [0.1, 0.15) is 19.3 Å². The molecule has 41 valence electrons. The summed E-state index contributed by atoms with van der Waals surface area (Å²) in [5.41, 5.74) is 0. The second-order valence-corrected chi connectivity index (χ2v) is 2.08. The van der Waals surface area contributed by atoms with Crippen LogP contribution in [-0.4, -0.2) is 12.6 Å². The first-order valence-electron chi connectivity index (χ1n) is 2.96. The Balaban J connectivity index is 1.80. The van der Waals surface area contributed by atoms with Crippen LogP contribution >= 0.6 is 0 Å². The lowest BCUT2D eigenvalue weighted by Gasteiger charge is -1.94. The normalized spacial score (nSPS) is 20.1. The topological polar surface area (TPSA) is 12.0 Å². The predicted molar refractivity (Wildman–Crippen MR) is 31.0 cm³/mol. The van der Waals surface area contributed by atoms with Crippen LogP contribution in [0.3, 0.4) is 0 Å². The fourth-order valence-electron chi connectivity index (χ4n) is 0.594. The SMILES string of the molecule is [CH2]CCNC1CC1. The number of hydrogen-bond donors (Lipinski definition) is 1.